The Morgan fingerprint density at radius 1 is 1.25 bits per heavy atom. The van der Waals surface area contributed by atoms with Gasteiger partial charge in [-0.1, -0.05) is 11.6 Å². The molecule has 0 radical (unpaired) electrons. The Labute approximate surface area is 144 Å². The summed E-state index contributed by atoms with van der Waals surface area (Å²) in [6.45, 7) is 2.52. The van der Waals surface area contributed by atoms with Gasteiger partial charge in [0, 0.05) is 24.5 Å². The second kappa shape index (κ2) is 6.65. The van der Waals surface area contributed by atoms with Crippen LogP contribution in [0.3, 0.4) is 0 Å². The molecule has 0 saturated heterocycles. The van der Waals surface area contributed by atoms with E-state index in [4.69, 9.17) is 25.8 Å². The van der Waals surface area contributed by atoms with Gasteiger partial charge in [-0.3, -0.25) is 0 Å². The Morgan fingerprint density at radius 3 is 2.54 bits per heavy atom. The third-order valence-corrected chi connectivity index (χ3v) is 3.85. The third-order valence-electron chi connectivity index (χ3n) is 3.66. The number of hydrogen-bond donors (Lipinski definition) is 0. The number of hydrogen-bond acceptors (Lipinski definition) is 6. The highest BCUT2D eigenvalue weighted by atomic mass is 35.5. The van der Waals surface area contributed by atoms with E-state index in [0.29, 0.717) is 25.3 Å². The second-order valence-corrected chi connectivity index (χ2v) is 5.79. The molecule has 0 unspecified atom stereocenters. The molecule has 0 amide bonds. The SMILES string of the molecule is CCOc1ccc(-c2nc(Cl)cc(OC3(C(=O)OC)CC3)n2)cc1. The van der Waals surface area contributed by atoms with Crippen molar-refractivity contribution >= 4 is 17.6 Å². The summed E-state index contributed by atoms with van der Waals surface area (Å²) in [5.74, 6) is 1.03. The van der Waals surface area contributed by atoms with Crippen LogP contribution in [0.1, 0.15) is 19.8 Å². The average Bonchev–Trinajstić information content (AvgIpc) is 3.35. The second-order valence-electron chi connectivity index (χ2n) is 5.40. The highest BCUT2D eigenvalue weighted by Gasteiger charge is 2.54. The number of halogens is 1. The molecule has 0 N–H and O–H groups in total. The molecule has 24 heavy (non-hydrogen) atoms. The largest absolute Gasteiger partial charge is 0.494 e. The molecule has 1 saturated carbocycles. The molecule has 1 fully saturated rings. The van der Waals surface area contributed by atoms with Gasteiger partial charge in [-0.25, -0.2) is 9.78 Å². The molecule has 1 aromatic heterocycles. The summed E-state index contributed by atoms with van der Waals surface area (Å²) in [6, 6.07) is 8.84. The van der Waals surface area contributed by atoms with Crippen molar-refractivity contribution in [1.29, 1.82) is 0 Å². The van der Waals surface area contributed by atoms with Crippen LogP contribution >= 0.6 is 11.6 Å². The van der Waals surface area contributed by atoms with Gasteiger partial charge in [0.05, 0.1) is 13.7 Å². The van der Waals surface area contributed by atoms with Crippen LogP contribution in [0.25, 0.3) is 11.4 Å². The first-order chi connectivity index (χ1) is 11.6. The van der Waals surface area contributed by atoms with Crippen LogP contribution in [0.5, 0.6) is 11.6 Å². The molecule has 1 aliphatic rings. The van der Waals surface area contributed by atoms with Gasteiger partial charge in [0.2, 0.25) is 11.5 Å². The minimum Gasteiger partial charge on any atom is -0.494 e. The van der Waals surface area contributed by atoms with Gasteiger partial charge in [-0.2, -0.15) is 4.98 Å². The number of methoxy groups -OCH3 is 1. The Hall–Kier alpha value is -2.34. The van der Waals surface area contributed by atoms with E-state index in [0.717, 1.165) is 11.3 Å². The fraction of sp³-hybridized carbons (Fsp3) is 0.353. The van der Waals surface area contributed by atoms with Crippen LogP contribution in [0.2, 0.25) is 5.15 Å². The number of carbonyl (C=O) groups is 1. The molecule has 126 valence electrons. The third kappa shape index (κ3) is 3.43. The monoisotopic (exact) mass is 348 g/mol. The minimum absolute atomic E-state index is 0.240. The maximum atomic E-state index is 11.8. The molecule has 1 aliphatic carbocycles. The van der Waals surface area contributed by atoms with Crippen molar-refractivity contribution in [2.75, 3.05) is 13.7 Å². The van der Waals surface area contributed by atoms with Crippen molar-refractivity contribution in [1.82, 2.24) is 9.97 Å². The number of benzene rings is 1. The average molecular weight is 349 g/mol. The molecule has 0 spiro atoms. The zero-order valence-electron chi connectivity index (χ0n) is 13.4. The highest BCUT2D eigenvalue weighted by Crippen LogP contribution is 2.41. The smallest absolute Gasteiger partial charge is 0.350 e. The molecular weight excluding hydrogens is 332 g/mol. The van der Waals surface area contributed by atoms with Gasteiger partial charge < -0.3 is 14.2 Å². The van der Waals surface area contributed by atoms with E-state index < -0.39 is 11.6 Å². The molecule has 6 nitrogen and oxygen atoms in total. The molecule has 2 aromatic rings. The summed E-state index contributed by atoms with van der Waals surface area (Å²) in [5, 5.41) is 0.240. The van der Waals surface area contributed by atoms with Crippen molar-refractivity contribution in [3.8, 4) is 23.0 Å². The van der Waals surface area contributed by atoms with Crippen molar-refractivity contribution in [3.63, 3.8) is 0 Å². The van der Waals surface area contributed by atoms with Gasteiger partial charge in [0.25, 0.3) is 0 Å². The summed E-state index contributed by atoms with van der Waals surface area (Å²) < 4.78 is 15.9. The van der Waals surface area contributed by atoms with E-state index in [9.17, 15) is 4.79 Å². The predicted octanol–water partition coefficient (Wildman–Crippen LogP) is 3.28. The van der Waals surface area contributed by atoms with Gasteiger partial charge in [-0.15, -0.1) is 0 Å². The van der Waals surface area contributed by atoms with Crippen LogP contribution in [0.15, 0.2) is 30.3 Å². The molecule has 0 bridgehead atoms. The first-order valence-electron chi connectivity index (χ1n) is 7.61. The molecule has 0 aliphatic heterocycles. The van der Waals surface area contributed by atoms with E-state index in [1.54, 1.807) is 0 Å². The lowest BCUT2D eigenvalue weighted by molar-refractivity contribution is -0.151. The lowest BCUT2D eigenvalue weighted by Gasteiger charge is -2.15. The summed E-state index contributed by atoms with van der Waals surface area (Å²) in [4.78, 5) is 20.4. The predicted molar refractivity (Wildman–Crippen MR) is 88.3 cm³/mol. The zero-order chi connectivity index (χ0) is 17.2. The first kappa shape index (κ1) is 16.5. The van der Waals surface area contributed by atoms with Crippen LogP contribution in [0.4, 0.5) is 0 Å². The number of rotatable bonds is 6. The lowest BCUT2D eigenvalue weighted by atomic mass is 10.2. The number of aromatic nitrogens is 2. The van der Waals surface area contributed by atoms with Gasteiger partial charge in [0.15, 0.2) is 5.82 Å². The zero-order valence-corrected chi connectivity index (χ0v) is 14.2. The maximum absolute atomic E-state index is 11.8. The van der Waals surface area contributed by atoms with E-state index in [2.05, 4.69) is 9.97 Å². The summed E-state index contributed by atoms with van der Waals surface area (Å²) in [7, 11) is 1.34. The molecule has 1 heterocycles. The normalized spacial score (nSPS) is 14.8. The van der Waals surface area contributed by atoms with Crippen molar-refractivity contribution in [3.05, 3.63) is 35.5 Å². The molecule has 0 atom stereocenters. The van der Waals surface area contributed by atoms with Crippen LogP contribution in [-0.2, 0) is 9.53 Å². The highest BCUT2D eigenvalue weighted by molar-refractivity contribution is 6.29. The van der Waals surface area contributed by atoms with Gasteiger partial charge >= 0.3 is 5.97 Å². The quantitative estimate of drug-likeness (QED) is 0.589. The number of ether oxygens (including phenoxy) is 3. The molecular formula is C17H17ClN2O4. The Morgan fingerprint density at radius 2 is 1.96 bits per heavy atom. The van der Waals surface area contributed by atoms with Crippen LogP contribution < -0.4 is 9.47 Å². The van der Waals surface area contributed by atoms with E-state index in [1.165, 1.54) is 13.2 Å². The van der Waals surface area contributed by atoms with Crippen molar-refractivity contribution < 1.29 is 19.0 Å². The Kier molecular flexibility index (Phi) is 4.57. The number of nitrogens with zero attached hydrogens (tertiary/aromatic N) is 2. The van der Waals surface area contributed by atoms with E-state index in [-0.39, 0.29) is 11.0 Å². The fourth-order valence-corrected chi connectivity index (χ4v) is 2.47. The fourth-order valence-electron chi connectivity index (χ4n) is 2.29. The Balaban J connectivity index is 1.85. The molecule has 7 heteroatoms. The number of esters is 1. The van der Waals surface area contributed by atoms with Crippen molar-refractivity contribution in [2.24, 2.45) is 0 Å². The first-order valence-corrected chi connectivity index (χ1v) is 7.99. The van der Waals surface area contributed by atoms with E-state index in [1.807, 2.05) is 31.2 Å². The van der Waals surface area contributed by atoms with E-state index >= 15 is 0 Å². The standard InChI is InChI=1S/C17H17ClN2O4/c1-3-23-12-6-4-11(5-7-12)15-19-13(18)10-14(20-15)24-17(8-9-17)16(21)22-2/h4-7,10H,3,8-9H2,1-2H3. The molecule has 3 rings (SSSR count). The topological polar surface area (TPSA) is 70.5 Å². The summed E-state index contributed by atoms with van der Waals surface area (Å²) >= 11 is 6.07. The summed E-state index contributed by atoms with van der Waals surface area (Å²) in [5.41, 5.74) is -0.170. The van der Waals surface area contributed by atoms with Crippen molar-refractivity contribution in [2.45, 2.75) is 25.4 Å². The minimum atomic E-state index is -0.942. The maximum Gasteiger partial charge on any atom is 0.350 e. The van der Waals surface area contributed by atoms with Gasteiger partial charge in [0.1, 0.15) is 10.9 Å². The number of carbonyl (C=O) groups excluding carboxylic acids is 1. The Bertz CT molecular complexity index is 745. The van der Waals surface area contributed by atoms with Gasteiger partial charge in [-0.05, 0) is 31.2 Å². The lowest BCUT2D eigenvalue weighted by Crippen LogP contribution is -2.31. The van der Waals surface area contributed by atoms with Crippen LogP contribution in [0, 0.1) is 0 Å². The summed E-state index contributed by atoms with van der Waals surface area (Å²) in [6.07, 6.45) is 1.19. The molecule has 1 aromatic carbocycles. The van der Waals surface area contributed by atoms with Crippen LogP contribution in [-0.4, -0.2) is 35.3 Å².